The van der Waals surface area contributed by atoms with E-state index in [9.17, 15) is 9.59 Å². The van der Waals surface area contributed by atoms with Crippen molar-refractivity contribution < 1.29 is 14.3 Å². The molecular weight excluding hydrogens is 306 g/mol. The van der Waals surface area contributed by atoms with Crippen LogP contribution in [-0.4, -0.2) is 28.5 Å². The van der Waals surface area contributed by atoms with E-state index in [0.717, 1.165) is 17.4 Å². The number of carbonyl (C=O) groups is 2. The largest absolute Gasteiger partial charge is 0.481 e. The number of aryl methyl sites for hydroxylation is 1. The van der Waals surface area contributed by atoms with Gasteiger partial charge in [-0.25, -0.2) is 0 Å². The third-order valence-corrected chi connectivity index (χ3v) is 3.79. The number of pyridine rings is 1. The lowest BCUT2D eigenvalue weighted by molar-refractivity contribution is -0.119. The molecule has 0 aliphatic heterocycles. The van der Waals surface area contributed by atoms with Gasteiger partial charge in [-0.2, -0.15) is 0 Å². The Morgan fingerprint density at radius 3 is 2.83 bits per heavy atom. The average Bonchev–Trinajstić information content (AvgIpc) is 2.87. The third kappa shape index (κ3) is 2.99. The van der Waals surface area contributed by atoms with Crippen LogP contribution in [0.1, 0.15) is 21.7 Å². The fourth-order valence-electron chi connectivity index (χ4n) is 2.57. The summed E-state index contributed by atoms with van der Waals surface area (Å²) in [4.78, 5) is 27.4. The van der Waals surface area contributed by atoms with Crippen LogP contribution in [0.4, 0.5) is 0 Å². The molecule has 24 heavy (non-hydrogen) atoms. The molecule has 0 fully saturated rings. The Morgan fingerprint density at radius 2 is 2.08 bits per heavy atom. The standard InChI is InChI=1S/C18H17N3O3/c1-12-9-15(10-22)13(2)21(12)20-17(23)11-24-16-7-3-5-14-6-4-8-19-18(14)16/h3-10H,11H2,1-2H3,(H,20,23). The first-order chi connectivity index (χ1) is 11.6. The van der Waals surface area contributed by atoms with E-state index in [1.54, 1.807) is 29.9 Å². The molecule has 0 spiro atoms. The van der Waals surface area contributed by atoms with Crippen LogP contribution in [0.15, 0.2) is 42.6 Å². The van der Waals surface area contributed by atoms with Crippen LogP contribution >= 0.6 is 0 Å². The molecular formula is C18H17N3O3. The monoisotopic (exact) mass is 323 g/mol. The van der Waals surface area contributed by atoms with Crippen molar-refractivity contribution in [3.8, 4) is 5.75 Å². The minimum absolute atomic E-state index is 0.150. The molecule has 1 N–H and O–H groups in total. The van der Waals surface area contributed by atoms with Gasteiger partial charge in [-0.1, -0.05) is 18.2 Å². The Morgan fingerprint density at radius 1 is 1.29 bits per heavy atom. The highest BCUT2D eigenvalue weighted by Crippen LogP contribution is 2.22. The van der Waals surface area contributed by atoms with Gasteiger partial charge in [-0.3, -0.25) is 24.7 Å². The van der Waals surface area contributed by atoms with Crippen molar-refractivity contribution >= 4 is 23.1 Å². The van der Waals surface area contributed by atoms with Gasteiger partial charge < -0.3 is 4.74 Å². The molecule has 0 aliphatic carbocycles. The molecule has 3 aromatic rings. The number of rotatable bonds is 5. The van der Waals surface area contributed by atoms with E-state index in [1.807, 2.05) is 31.2 Å². The van der Waals surface area contributed by atoms with Crippen molar-refractivity contribution in [2.45, 2.75) is 13.8 Å². The average molecular weight is 323 g/mol. The van der Waals surface area contributed by atoms with E-state index >= 15 is 0 Å². The Hall–Kier alpha value is -3.15. The van der Waals surface area contributed by atoms with Gasteiger partial charge in [-0.15, -0.1) is 0 Å². The molecule has 3 rings (SSSR count). The summed E-state index contributed by atoms with van der Waals surface area (Å²) in [6.07, 6.45) is 2.45. The Bertz CT molecular complexity index is 910. The zero-order chi connectivity index (χ0) is 17.1. The van der Waals surface area contributed by atoms with Gasteiger partial charge in [0.05, 0.1) is 0 Å². The van der Waals surface area contributed by atoms with Crippen LogP contribution < -0.4 is 10.2 Å². The number of carbonyl (C=O) groups excluding carboxylic acids is 2. The van der Waals surface area contributed by atoms with Crippen molar-refractivity contribution in [2.75, 3.05) is 12.0 Å². The van der Waals surface area contributed by atoms with Crippen LogP contribution in [-0.2, 0) is 4.79 Å². The highest BCUT2D eigenvalue weighted by molar-refractivity contribution is 5.87. The third-order valence-electron chi connectivity index (χ3n) is 3.79. The summed E-state index contributed by atoms with van der Waals surface area (Å²) in [6, 6.07) is 11.1. The summed E-state index contributed by atoms with van der Waals surface area (Å²) < 4.78 is 7.19. The molecule has 0 bridgehead atoms. The molecule has 0 radical (unpaired) electrons. The lowest BCUT2D eigenvalue weighted by Gasteiger charge is -2.12. The molecule has 6 heteroatoms. The van der Waals surface area contributed by atoms with E-state index in [0.29, 0.717) is 22.5 Å². The summed E-state index contributed by atoms with van der Waals surface area (Å²) in [5.41, 5.74) is 5.44. The number of hydrogen-bond acceptors (Lipinski definition) is 4. The van der Waals surface area contributed by atoms with E-state index in [4.69, 9.17) is 4.74 Å². The highest BCUT2D eigenvalue weighted by atomic mass is 16.5. The second-order valence-corrected chi connectivity index (χ2v) is 5.43. The van der Waals surface area contributed by atoms with Crippen LogP contribution in [0, 0.1) is 13.8 Å². The van der Waals surface area contributed by atoms with Gasteiger partial charge in [0.1, 0.15) is 11.3 Å². The number of hydrogen-bond donors (Lipinski definition) is 1. The number of nitrogens with one attached hydrogen (secondary N) is 1. The summed E-state index contributed by atoms with van der Waals surface area (Å²) in [6.45, 7) is 3.44. The van der Waals surface area contributed by atoms with Gasteiger partial charge in [0.2, 0.25) is 0 Å². The minimum Gasteiger partial charge on any atom is -0.481 e. The van der Waals surface area contributed by atoms with Crippen LogP contribution in [0.2, 0.25) is 0 Å². The first-order valence-corrected chi connectivity index (χ1v) is 7.50. The molecule has 0 atom stereocenters. The van der Waals surface area contributed by atoms with Crippen molar-refractivity contribution in [1.82, 2.24) is 9.66 Å². The zero-order valence-corrected chi connectivity index (χ0v) is 13.4. The maximum atomic E-state index is 12.2. The van der Waals surface area contributed by atoms with Crippen molar-refractivity contribution in [1.29, 1.82) is 0 Å². The number of benzene rings is 1. The summed E-state index contributed by atoms with van der Waals surface area (Å²) >= 11 is 0. The van der Waals surface area contributed by atoms with Gasteiger partial charge in [0, 0.05) is 28.5 Å². The highest BCUT2D eigenvalue weighted by Gasteiger charge is 2.12. The molecule has 0 saturated carbocycles. The van der Waals surface area contributed by atoms with E-state index in [-0.39, 0.29) is 12.5 Å². The second kappa shape index (κ2) is 6.54. The number of para-hydroxylation sites is 1. The maximum absolute atomic E-state index is 12.2. The summed E-state index contributed by atoms with van der Waals surface area (Å²) in [5.74, 6) is 0.236. The first kappa shape index (κ1) is 15.7. The van der Waals surface area contributed by atoms with Crippen molar-refractivity contribution in [2.24, 2.45) is 0 Å². The van der Waals surface area contributed by atoms with Crippen LogP contribution in [0.25, 0.3) is 10.9 Å². The SMILES string of the molecule is Cc1cc(C=O)c(C)n1NC(=O)COc1cccc2cccnc12. The van der Waals surface area contributed by atoms with E-state index in [2.05, 4.69) is 10.4 Å². The molecule has 0 unspecified atom stereocenters. The van der Waals surface area contributed by atoms with E-state index in [1.165, 1.54) is 0 Å². The molecule has 122 valence electrons. The lowest BCUT2D eigenvalue weighted by atomic mass is 10.2. The van der Waals surface area contributed by atoms with Gasteiger partial charge in [-0.05, 0) is 32.0 Å². The smallest absolute Gasteiger partial charge is 0.276 e. The molecule has 6 nitrogen and oxygen atoms in total. The molecule has 1 aromatic carbocycles. The van der Waals surface area contributed by atoms with E-state index < -0.39 is 0 Å². The van der Waals surface area contributed by atoms with Gasteiger partial charge in [0.25, 0.3) is 5.91 Å². The molecule has 0 saturated heterocycles. The molecule has 0 aliphatic rings. The summed E-state index contributed by atoms with van der Waals surface area (Å²) in [5, 5.41) is 0.947. The first-order valence-electron chi connectivity index (χ1n) is 7.50. The predicted molar refractivity (Wildman–Crippen MR) is 90.9 cm³/mol. The molecule has 1 amide bonds. The Balaban J connectivity index is 1.72. The zero-order valence-electron chi connectivity index (χ0n) is 13.4. The number of aldehydes is 1. The minimum atomic E-state index is -0.317. The fourth-order valence-corrected chi connectivity index (χ4v) is 2.57. The normalized spacial score (nSPS) is 10.6. The lowest BCUT2D eigenvalue weighted by Crippen LogP contribution is -2.29. The molecule has 2 aromatic heterocycles. The molecule has 2 heterocycles. The second-order valence-electron chi connectivity index (χ2n) is 5.43. The van der Waals surface area contributed by atoms with Crippen molar-refractivity contribution in [3.05, 3.63) is 59.5 Å². The number of aromatic nitrogens is 2. The summed E-state index contributed by atoms with van der Waals surface area (Å²) in [7, 11) is 0. The van der Waals surface area contributed by atoms with Gasteiger partial charge in [0.15, 0.2) is 12.9 Å². The quantitative estimate of drug-likeness (QED) is 0.733. The number of nitrogens with zero attached hydrogens (tertiary/aromatic N) is 2. The fraction of sp³-hybridized carbons (Fsp3) is 0.167. The number of fused-ring (bicyclic) bond motifs is 1. The number of amides is 1. The maximum Gasteiger partial charge on any atom is 0.276 e. The van der Waals surface area contributed by atoms with Gasteiger partial charge >= 0.3 is 0 Å². The predicted octanol–water partition coefficient (Wildman–Crippen LogP) is 2.61. The number of ether oxygens (including phenoxy) is 1. The van der Waals surface area contributed by atoms with Crippen molar-refractivity contribution in [3.63, 3.8) is 0 Å². The Labute approximate surface area is 139 Å². The Kier molecular flexibility index (Phi) is 4.29. The topological polar surface area (TPSA) is 73.2 Å². The van der Waals surface area contributed by atoms with Crippen LogP contribution in [0.5, 0.6) is 5.75 Å². The van der Waals surface area contributed by atoms with Crippen LogP contribution in [0.3, 0.4) is 0 Å².